The fraction of sp³-hybridized carbons (Fsp3) is 0.357. The van der Waals surface area contributed by atoms with Crippen LogP contribution in [0.4, 0.5) is 0 Å². The molecule has 0 aliphatic rings. The van der Waals surface area contributed by atoms with E-state index in [4.69, 9.17) is 10.2 Å². The van der Waals surface area contributed by atoms with Crippen molar-refractivity contribution in [2.45, 2.75) is 32.5 Å². The second-order valence-corrected chi connectivity index (χ2v) is 4.46. The number of aliphatic hydroxyl groups excluding tert-OH is 2. The minimum Gasteiger partial charge on any atom is -0.393 e. The molecule has 0 amide bonds. The van der Waals surface area contributed by atoms with E-state index >= 15 is 0 Å². The Morgan fingerprint density at radius 3 is 1.79 bits per heavy atom. The number of rotatable bonds is 2. The predicted molar refractivity (Wildman–Crippen MR) is 75.4 cm³/mol. The maximum atomic E-state index is 8.56. The standard InChI is InChI=1S/C5H5N.C5H12O2.C4H3S.Rh/c1-2-4-6-5-3-1;1-4(6)3-5(2)7;1-2-4-5-3-1;/h1-5H;4-7H,3H2,1-2H3;1,3-4H;/q;;-1;. The molecule has 5 heteroatoms. The maximum Gasteiger partial charge on any atom is 0.0536 e. The zero-order valence-electron chi connectivity index (χ0n) is 11.1. The van der Waals surface area contributed by atoms with Crippen molar-refractivity contribution in [3.63, 3.8) is 0 Å². The molecule has 3 nitrogen and oxygen atoms in total. The van der Waals surface area contributed by atoms with Crippen LogP contribution in [0.2, 0.25) is 0 Å². The van der Waals surface area contributed by atoms with Crippen molar-refractivity contribution in [1.29, 1.82) is 0 Å². The van der Waals surface area contributed by atoms with E-state index < -0.39 is 0 Å². The molecule has 109 valence electrons. The molecule has 0 aromatic carbocycles. The van der Waals surface area contributed by atoms with Gasteiger partial charge in [-0.1, -0.05) is 6.07 Å². The predicted octanol–water partition coefficient (Wildman–Crippen LogP) is 2.77. The quantitative estimate of drug-likeness (QED) is 0.632. The minimum absolute atomic E-state index is 0. The van der Waals surface area contributed by atoms with Crippen molar-refractivity contribution in [2.24, 2.45) is 0 Å². The third kappa shape index (κ3) is 19.9. The molecule has 0 saturated carbocycles. The summed E-state index contributed by atoms with van der Waals surface area (Å²) < 4.78 is 0. The summed E-state index contributed by atoms with van der Waals surface area (Å²) in [5.41, 5.74) is 0. The molecule has 2 aromatic heterocycles. The smallest absolute Gasteiger partial charge is 0.0536 e. The molecule has 2 rings (SSSR count). The second-order valence-electron chi connectivity index (χ2n) is 3.68. The first-order chi connectivity index (χ1) is 8.63. The first-order valence-electron chi connectivity index (χ1n) is 5.72. The van der Waals surface area contributed by atoms with Crippen LogP contribution in [0.3, 0.4) is 0 Å². The van der Waals surface area contributed by atoms with Gasteiger partial charge < -0.3 is 10.2 Å². The Balaban J connectivity index is 0. The van der Waals surface area contributed by atoms with Gasteiger partial charge in [0.05, 0.1) is 12.2 Å². The second kappa shape index (κ2) is 15.5. The summed E-state index contributed by atoms with van der Waals surface area (Å²) in [7, 11) is 0. The Hall–Kier alpha value is -0.607. The van der Waals surface area contributed by atoms with Gasteiger partial charge in [-0.25, -0.2) is 12.1 Å². The summed E-state index contributed by atoms with van der Waals surface area (Å²) in [6.07, 6.45) is 3.22. The van der Waals surface area contributed by atoms with Crippen molar-refractivity contribution < 1.29 is 29.7 Å². The summed E-state index contributed by atoms with van der Waals surface area (Å²) in [5, 5.41) is 21.0. The Labute approximate surface area is 132 Å². The van der Waals surface area contributed by atoms with E-state index in [2.05, 4.69) is 11.1 Å². The van der Waals surface area contributed by atoms with Crippen LogP contribution >= 0.6 is 11.3 Å². The third-order valence-corrected chi connectivity index (χ3v) is 2.19. The Bertz CT molecular complexity index is 292. The van der Waals surface area contributed by atoms with Crippen LogP contribution in [0.15, 0.2) is 47.4 Å². The molecule has 2 atom stereocenters. The van der Waals surface area contributed by atoms with Crippen LogP contribution in [-0.2, 0) is 19.5 Å². The fourth-order valence-electron chi connectivity index (χ4n) is 1.00. The number of aromatic nitrogens is 1. The largest absolute Gasteiger partial charge is 0.393 e. The number of hydrogen-bond donors (Lipinski definition) is 2. The molecule has 2 heterocycles. The Morgan fingerprint density at radius 2 is 1.68 bits per heavy atom. The van der Waals surface area contributed by atoms with E-state index in [0.29, 0.717) is 6.42 Å². The van der Waals surface area contributed by atoms with Crippen LogP contribution in [0, 0.1) is 6.07 Å². The summed E-state index contributed by atoms with van der Waals surface area (Å²) >= 11 is 1.66. The van der Waals surface area contributed by atoms with Crippen LogP contribution in [0.25, 0.3) is 0 Å². The number of aliphatic hydroxyl groups is 2. The molecule has 0 bridgehead atoms. The number of thiophene rings is 1. The molecule has 0 saturated heterocycles. The van der Waals surface area contributed by atoms with Crippen LogP contribution in [-0.4, -0.2) is 27.4 Å². The fourth-order valence-corrected chi connectivity index (χ4v) is 1.40. The van der Waals surface area contributed by atoms with E-state index in [1.165, 1.54) is 0 Å². The van der Waals surface area contributed by atoms with Crippen molar-refractivity contribution in [3.05, 3.63) is 53.5 Å². The van der Waals surface area contributed by atoms with Gasteiger partial charge in [0, 0.05) is 31.9 Å². The normalized spacial score (nSPS) is 11.6. The van der Waals surface area contributed by atoms with E-state index in [1.54, 1.807) is 37.6 Å². The first kappa shape index (κ1) is 20.7. The molecule has 0 aliphatic carbocycles. The summed E-state index contributed by atoms with van der Waals surface area (Å²) in [6, 6.07) is 10.5. The van der Waals surface area contributed by atoms with Crippen molar-refractivity contribution in [2.75, 3.05) is 0 Å². The molecule has 2 N–H and O–H groups in total. The van der Waals surface area contributed by atoms with Crippen LogP contribution in [0.5, 0.6) is 0 Å². The molecule has 2 aromatic rings. The summed E-state index contributed by atoms with van der Waals surface area (Å²) in [4.78, 5) is 3.78. The van der Waals surface area contributed by atoms with E-state index in [0.717, 1.165) is 0 Å². The third-order valence-electron chi connectivity index (χ3n) is 1.63. The van der Waals surface area contributed by atoms with Gasteiger partial charge in [-0.05, 0) is 32.4 Å². The van der Waals surface area contributed by atoms with Gasteiger partial charge in [-0.3, -0.25) is 16.3 Å². The molecule has 0 spiro atoms. The SMILES string of the molecule is CC(O)CC(C)O.[Rh].[c-]1ccsc1.c1ccncc1. The van der Waals surface area contributed by atoms with E-state index in [-0.39, 0.29) is 31.7 Å². The van der Waals surface area contributed by atoms with E-state index in [9.17, 15) is 0 Å². The molecule has 0 fully saturated rings. The molecule has 1 radical (unpaired) electrons. The zero-order valence-corrected chi connectivity index (χ0v) is 13.5. The Kier molecular flexibility index (Phi) is 16.8. The van der Waals surface area contributed by atoms with Gasteiger partial charge in [0.1, 0.15) is 0 Å². The van der Waals surface area contributed by atoms with Crippen LogP contribution in [0.1, 0.15) is 20.3 Å². The first-order valence-corrected chi connectivity index (χ1v) is 6.66. The number of hydrogen-bond acceptors (Lipinski definition) is 4. The molecule has 19 heavy (non-hydrogen) atoms. The monoisotopic (exact) mass is 369 g/mol. The molecular formula is C14H20NO2RhS-. The number of pyridine rings is 1. The Morgan fingerprint density at radius 1 is 1.11 bits per heavy atom. The van der Waals surface area contributed by atoms with Crippen LogP contribution < -0.4 is 0 Å². The van der Waals surface area contributed by atoms with E-state index in [1.807, 2.05) is 35.0 Å². The molecular weight excluding hydrogens is 349 g/mol. The topological polar surface area (TPSA) is 53.4 Å². The van der Waals surface area contributed by atoms with Gasteiger partial charge in [0.2, 0.25) is 0 Å². The average Bonchev–Trinajstić information content (AvgIpc) is 2.89. The van der Waals surface area contributed by atoms with Gasteiger partial charge in [-0.2, -0.15) is 5.38 Å². The van der Waals surface area contributed by atoms with Gasteiger partial charge in [0.25, 0.3) is 0 Å². The number of nitrogens with zero attached hydrogens (tertiary/aromatic N) is 1. The van der Waals surface area contributed by atoms with Crippen molar-refractivity contribution >= 4 is 11.3 Å². The summed E-state index contributed by atoms with van der Waals surface area (Å²) in [6.45, 7) is 3.32. The van der Waals surface area contributed by atoms with Gasteiger partial charge in [0.15, 0.2) is 0 Å². The summed E-state index contributed by atoms with van der Waals surface area (Å²) in [5.74, 6) is 0. The molecule has 0 aliphatic heterocycles. The molecule has 2 unspecified atom stereocenters. The van der Waals surface area contributed by atoms with Gasteiger partial charge in [-0.15, -0.1) is 5.38 Å². The minimum atomic E-state index is -0.375. The maximum absolute atomic E-state index is 8.56. The average molecular weight is 369 g/mol. The van der Waals surface area contributed by atoms with Gasteiger partial charge >= 0.3 is 0 Å². The zero-order chi connectivity index (χ0) is 13.6. The van der Waals surface area contributed by atoms with Crippen molar-refractivity contribution in [1.82, 2.24) is 4.98 Å². The van der Waals surface area contributed by atoms with Crippen molar-refractivity contribution in [3.8, 4) is 0 Å².